The van der Waals surface area contributed by atoms with Gasteiger partial charge in [-0.05, 0) is 24.5 Å². The van der Waals surface area contributed by atoms with Crippen LogP contribution in [0.4, 0.5) is 0 Å². The van der Waals surface area contributed by atoms with Crippen LogP contribution >= 0.6 is 0 Å². The lowest BCUT2D eigenvalue weighted by molar-refractivity contribution is 0.0736. The summed E-state index contributed by atoms with van der Waals surface area (Å²) in [6.07, 6.45) is 1.01. The molecule has 0 unspecified atom stereocenters. The van der Waals surface area contributed by atoms with E-state index in [9.17, 15) is 4.79 Å². The third kappa shape index (κ3) is 3.69. The molecule has 0 N–H and O–H groups in total. The Bertz CT molecular complexity index is 319. The van der Waals surface area contributed by atoms with Crippen LogP contribution in [-0.2, 0) is 0 Å². The van der Waals surface area contributed by atoms with Gasteiger partial charge in [-0.15, -0.1) is 0 Å². The van der Waals surface area contributed by atoms with Gasteiger partial charge in [-0.25, -0.2) is 0 Å². The monoisotopic (exact) mass is 219 g/mol. The molecule has 0 aromatic heterocycles. The number of nitrogens with zero attached hydrogens (tertiary/aromatic N) is 1. The minimum Gasteiger partial charge on any atom is -0.338 e. The van der Waals surface area contributed by atoms with Crippen LogP contribution in [0.2, 0.25) is 0 Å². The average Bonchev–Trinajstić information content (AvgIpc) is 2.28. The van der Waals surface area contributed by atoms with Gasteiger partial charge in [0.05, 0.1) is 0 Å². The van der Waals surface area contributed by atoms with E-state index in [0.717, 1.165) is 25.1 Å². The molecule has 88 valence electrons. The van der Waals surface area contributed by atoms with Gasteiger partial charge in [0.2, 0.25) is 0 Å². The lowest BCUT2D eigenvalue weighted by Crippen LogP contribution is -2.34. The van der Waals surface area contributed by atoms with Crippen LogP contribution in [-0.4, -0.2) is 23.9 Å². The molecule has 1 rings (SSSR count). The second-order valence-corrected chi connectivity index (χ2v) is 4.51. The summed E-state index contributed by atoms with van der Waals surface area (Å²) >= 11 is 0. The fourth-order valence-corrected chi connectivity index (χ4v) is 1.75. The summed E-state index contributed by atoms with van der Waals surface area (Å²) < 4.78 is 0. The summed E-state index contributed by atoms with van der Waals surface area (Å²) in [6.45, 7) is 8.06. The second kappa shape index (κ2) is 6.31. The Morgan fingerprint density at radius 3 is 2.38 bits per heavy atom. The third-order valence-corrected chi connectivity index (χ3v) is 2.39. The molecule has 0 saturated heterocycles. The Balaban J connectivity index is 2.74. The summed E-state index contributed by atoms with van der Waals surface area (Å²) in [6, 6.07) is 9.51. The molecule has 0 saturated carbocycles. The van der Waals surface area contributed by atoms with E-state index in [4.69, 9.17) is 0 Å². The van der Waals surface area contributed by atoms with Gasteiger partial charge in [-0.1, -0.05) is 39.0 Å². The van der Waals surface area contributed by atoms with E-state index >= 15 is 0 Å². The van der Waals surface area contributed by atoms with E-state index in [0.29, 0.717) is 5.92 Å². The van der Waals surface area contributed by atoms with Crippen LogP contribution in [0.3, 0.4) is 0 Å². The van der Waals surface area contributed by atoms with Crippen molar-refractivity contribution in [1.29, 1.82) is 0 Å². The number of carbonyl (C=O) groups is 1. The lowest BCUT2D eigenvalue weighted by Gasteiger charge is -2.24. The molecular weight excluding hydrogens is 198 g/mol. The molecule has 1 aromatic rings. The van der Waals surface area contributed by atoms with Gasteiger partial charge < -0.3 is 4.90 Å². The first-order chi connectivity index (χ1) is 7.65. The van der Waals surface area contributed by atoms with Crippen LogP contribution in [0.1, 0.15) is 37.6 Å². The Kier molecular flexibility index (Phi) is 5.03. The SMILES string of the molecule is CCCN(CC(C)C)C(=O)c1ccccc1. The summed E-state index contributed by atoms with van der Waals surface area (Å²) in [5, 5.41) is 0. The molecule has 2 heteroatoms. The first-order valence-corrected chi connectivity index (χ1v) is 5.99. The number of rotatable bonds is 5. The predicted molar refractivity (Wildman–Crippen MR) is 67.5 cm³/mol. The standard InChI is InChI=1S/C14H21NO/c1-4-10-15(11-12(2)3)14(16)13-8-6-5-7-9-13/h5-9,12H,4,10-11H2,1-3H3. The van der Waals surface area contributed by atoms with Crippen LogP contribution in [0.15, 0.2) is 30.3 Å². The molecule has 0 atom stereocenters. The van der Waals surface area contributed by atoms with Crippen molar-refractivity contribution in [3.05, 3.63) is 35.9 Å². The Hall–Kier alpha value is -1.31. The first-order valence-electron chi connectivity index (χ1n) is 5.99. The van der Waals surface area contributed by atoms with Crippen molar-refractivity contribution in [2.24, 2.45) is 5.92 Å². The van der Waals surface area contributed by atoms with Crippen molar-refractivity contribution in [3.63, 3.8) is 0 Å². The highest BCUT2D eigenvalue weighted by molar-refractivity contribution is 5.94. The van der Waals surface area contributed by atoms with Crippen LogP contribution in [0.25, 0.3) is 0 Å². The molecule has 0 aliphatic rings. The minimum atomic E-state index is 0.149. The van der Waals surface area contributed by atoms with Crippen LogP contribution in [0.5, 0.6) is 0 Å². The topological polar surface area (TPSA) is 20.3 Å². The lowest BCUT2D eigenvalue weighted by atomic mass is 10.1. The highest BCUT2D eigenvalue weighted by atomic mass is 16.2. The van der Waals surface area contributed by atoms with Gasteiger partial charge in [0.1, 0.15) is 0 Å². The maximum Gasteiger partial charge on any atom is 0.253 e. The summed E-state index contributed by atoms with van der Waals surface area (Å²) in [5.41, 5.74) is 0.789. The largest absolute Gasteiger partial charge is 0.338 e. The number of amides is 1. The second-order valence-electron chi connectivity index (χ2n) is 4.51. The van der Waals surface area contributed by atoms with Crippen molar-refractivity contribution in [2.75, 3.05) is 13.1 Å². The number of benzene rings is 1. The molecule has 16 heavy (non-hydrogen) atoms. The zero-order chi connectivity index (χ0) is 12.0. The highest BCUT2D eigenvalue weighted by Crippen LogP contribution is 2.08. The summed E-state index contributed by atoms with van der Waals surface area (Å²) in [7, 11) is 0. The maximum atomic E-state index is 12.2. The van der Waals surface area contributed by atoms with E-state index in [2.05, 4.69) is 20.8 Å². The van der Waals surface area contributed by atoms with E-state index < -0.39 is 0 Å². The van der Waals surface area contributed by atoms with E-state index in [-0.39, 0.29) is 5.91 Å². The normalized spacial score (nSPS) is 10.5. The predicted octanol–water partition coefficient (Wildman–Crippen LogP) is 3.19. The van der Waals surface area contributed by atoms with Crippen molar-refractivity contribution >= 4 is 5.91 Å². The molecule has 0 spiro atoms. The Morgan fingerprint density at radius 2 is 1.88 bits per heavy atom. The van der Waals surface area contributed by atoms with Crippen LogP contribution < -0.4 is 0 Å². The molecule has 1 aromatic carbocycles. The molecular formula is C14H21NO. The van der Waals surface area contributed by atoms with Crippen molar-refractivity contribution in [2.45, 2.75) is 27.2 Å². The van der Waals surface area contributed by atoms with E-state index in [1.807, 2.05) is 35.2 Å². The number of hydrogen-bond donors (Lipinski definition) is 0. The van der Waals surface area contributed by atoms with Crippen LogP contribution in [0, 0.1) is 5.92 Å². The molecule has 0 heterocycles. The minimum absolute atomic E-state index is 0.149. The number of carbonyl (C=O) groups excluding carboxylic acids is 1. The van der Waals surface area contributed by atoms with Crippen molar-refractivity contribution in [1.82, 2.24) is 4.90 Å². The molecule has 0 aliphatic carbocycles. The highest BCUT2D eigenvalue weighted by Gasteiger charge is 2.15. The third-order valence-electron chi connectivity index (χ3n) is 2.39. The summed E-state index contributed by atoms with van der Waals surface area (Å²) in [4.78, 5) is 14.1. The van der Waals surface area contributed by atoms with Gasteiger partial charge in [-0.2, -0.15) is 0 Å². The fourth-order valence-electron chi connectivity index (χ4n) is 1.75. The van der Waals surface area contributed by atoms with Gasteiger partial charge in [0.25, 0.3) is 5.91 Å². The zero-order valence-corrected chi connectivity index (χ0v) is 10.4. The van der Waals surface area contributed by atoms with Gasteiger partial charge >= 0.3 is 0 Å². The van der Waals surface area contributed by atoms with Crippen molar-refractivity contribution < 1.29 is 4.79 Å². The molecule has 0 bridgehead atoms. The van der Waals surface area contributed by atoms with E-state index in [1.165, 1.54) is 0 Å². The molecule has 0 aliphatic heterocycles. The Labute approximate surface area is 98.3 Å². The quantitative estimate of drug-likeness (QED) is 0.744. The Morgan fingerprint density at radius 1 is 1.25 bits per heavy atom. The molecule has 2 nitrogen and oxygen atoms in total. The molecule has 0 fully saturated rings. The molecule has 1 amide bonds. The van der Waals surface area contributed by atoms with Gasteiger partial charge in [-0.3, -0.25) is 4.79 Å². The average molecular weight is 219 g/mol. The summed E-state index contributed by atoms with van der Waals surface area (Å²) in [5.74, 6) is 0.662. The maximum absolute atomic E-state index is 12.2. The number of hydrogen-bond acceptors (Lipinski definition) is 1. The van der Waals surface area contributed by atoms with Crippen molar-refractivity contribution in [3.8, 4) is 0 Å². The first kappa shape index (κ1) is 12.8. The fraction of sp³-hybridized carbons (Fsp3) is 0.500. The molecule has 0 radical (unpaired) electrons. The van der Waals surface area contributed by atoms with Gasteiger partial charge in [0, 0.05) is 18.7 Å². The van der Waals surface area contributed by atoms with E-state index in [1.54, 1.807) is 0 Å². The zero-order valence-electron chi connectivity index (χ0n) is 10.4. The van der Waals surface area contributed by atoms with Gasteiger partial charge in [0.15, 0.2) is 0 Å². The smallest absolute Gasteiger partial charge is 0.253 e.